The van der Waals surface area contributed by atoms with E-state index >= 15 is 0 Å². The molecule has 146 valence electrons. The number of amides is 1. The molecule has 3 aromatic rings. The molecule has 2 aromatic carbocycles. The van der Waals surface area contributed by atoms with E-state index in [-0.39, 0.29) is 17.9 Å². The highest BCUT2D eigenvalue weighted by molar-refractivity contribution is 7.89. The van der Waals surface area contributed by atoms with E-state index in [0.29, 0.717) is 5.76 Å². The fourth-order valence-corrected chi connectivity index (χ4v) is 3.92. The van der Waals surface area contributed by atoms with Crippen LogP contribution in [0.4, 0.5) is 0 Å². The van der Waals surface area contributed by atoms with Crippen LogP contribution in [0, 0.1) is 6.92 Å². The van der Waals surface area contributed by atoms with Crippen LogP contribution in [0.3, 0.4) is 0 Å². The Bertz CT molecular complexity index is 998. The highest BCUT2D eigenvalue weighted by atomic mass is 32.2. The van der Waals surface area contributed by atoms with E-state index in [0.717, 1.165) is 11.1 Å². The number of rotatable bonds is 8. The lowest BCUT2D eigenvalue weighted by atomic mass is 10.1. The average Bonchev–Trinajstić information content (AvgIpc) is 3.20. The number of carbonyl (C=O) groups is 1. The Morgan fingerprint density at radius 1 is 1.00 bits per heavy atom. The van der Waals surface area contributed by atoms with Crippen LogP contribution >= 0.6 is 0 Å². The molecule has 0 saturated heterocycles. The van der Waals surface area contributed by atoms with Crippen molar-refractivity contribution in [2.24, 2.45) is 0 Å². The Kier molecular flexibility index (Phi) is 6.28. The van der Waals surface area contributed by atoms with E-state index in [2.05, 4.69) is 10.0 Å². The molecule has 0 aliphatic heterocycles. The molecule has 6 nitrogen and oxygen atoms in total. The molecule has 7 heteroatoms. The van der Waals surface area contributed by atoms with Crippen molar-refractivity contribution in [1.82, 2.24) is 10.0 Å². The first-order valence-corrected chi connectivity index (χ1v) is 10.4. The van der Waals surface area contributed by atoms with Crippen molar-refractivity contribution in [2.45, 2.75) is 30.8 Å². The summed E-state index contributed by atoms with van der Waals surface area (Å²) in [7, 11) is -3.85. The van der Waals surface area contributed by atoms with Crippen molar-refractivity contribution in [3.8, 4) is 0 Å². The smallest absolute Gasteiger partial charge is 0.241 e. The third kappa shape index (κ3) is 5.31. The van der Waals surface area contributed by atoms with Gasteiger partial charge in [0.1, 0.15) is 11.8 Å². The lowest BCUT2D eigenvalue weighted by molar-refractivity contribution is -0.122. The number of sulfonamides is 1. The molecular weight excluding hydrogens is 376 g/mol. The van der Waals surface area contributed by atoms with Gasteiger partial charge in [0, 0.05) is 0 Å². The topological polar surface area (TPSA) is 88.4 Å². The van der Waals surface area contributed by atoms with Crippen molar-refractivity contribution in [3.05, 3.63) is 89.9 Å². The molecule has 1 unspecified atom stereocenters. The second kappa shape index (κ2) is 8.86. The molecule has 0 bridgehead atoms. The lowest BCUT2D eigenvalue weighted by Gasteiger charge is -2.18. The summed E-state index contributed by atoms with van der Waals surface area (Å²) in [5, 5.41) is 2.73. The van der Waals surface area contributed by atoms with Gasteiger partial charge in [0.2, 0.25) is 15.9 Å². The zero-order valence-electron chi connectivity index (χ0n) is 15.5. The minimum absolute atomic E-state index is 0.120. The van der Waals surface area contributed by atoms with Crippen LogP contribution in [0.2, 0.25) is 0 Å². The third-order valence-corrected chi connectivity index (χ3v) is 5.73. The van der Waals surface area contributed by atoms with Gasteiger partial charge in [-0.1, -0.05) is 48.0 Å². The summed E-state index contributed by atoms with van der Waals surface area (Å²) >= 11 is 0. The first kappa shape index (κ1) is 19.9. The Morgan fingerprint density at radius 2 is 1.71 bits per heavy atom. The maximum absolute atomic E-state index is 12.8. The van der Waals surface area contributed by atoms with Gasteiger partial charge < -0.3 is 9.73 Å². The van der Waals surface area contributed by atoms with Crippen LogP contribution in [0.1, 0.15) is 16.9 Å². The van der Waals surface area contributed by atoms with Gasteiger partial charge in [-0.15, -0.1) is 0 Å². The van der Waals surface area contributed by atoms with Gasteiger partial charge in [-0.05, 0) is 43.2 Å². The van der Waals surface area contributed by atoms with Crippen LogP contribution in [0.5, 0.6) is 0 Å². The molecule has 3 rings (SSSR count). The molecule has 1 atom stereocenters. The van der Waals surface area contributed by atoms with Gasteiger partial charge in [-0.3, -0.25) is 4.79 Å². The van der Waals surface area contributed by atoms with E-state index in [1.807, 2.05) is 37.3 Å². The Labute approximate surface area is 164 Å². The summed E-state index contributed by atoms with van der Waals surface area (Å²) in [4.78, 5) is 12.8. The van der Waals surface area contributed by atoms with Crippen LogP contribution in [-0.2, 0) is 27.8 Å². The van der Waals surface area contributed by atoms with E-state index in [4.69, 9.17) is 4.42 Å². The fourth-order valence-electron chi connectivity index (χ4n) is 2.72. The molecule has 0 spiro atoms. The summed E-state index contributed by atoms with van der Waals surface area (Å²) in [6.45, 7) is 2.06. The van der Waals surface area contributed by atoms with Gasteiger partial charge in [0.15, 0.2) is 0 Å². The Morgan fingerprint density at radius 3 is 2.36 bits per heavy atom. The number of benzene rings is 2. The molecule has 0 saturated carbocycles. The van der Waals surface area contributed by atoms with Crippen molar-refractivity contribution >= 4 is 15.9 Å². The van der Waals surface area contributed by atoms with Crippen LogP contribution in [0.25, 0.3) is 0 Å². The summed E-state index contributed by atoms with van der Waals surface area (Å²) in [6.07, 6.45) is 1.75. The first-order chi connectivity index (χ1) is 13.4. The molecule has 1 aromatic heterocycles. The third-order valence-electron chi connectivity index (χ3n) is 4.24. The monoisotopic (exact) mass is 398 g/mol. The summed E-state index contributed by atoms with van der Waals surface area (Å²) in [5.41, 5.74) is 1.81. The van der Waals surface area contributed by atoms with E-state index in [1.165, 1.54) is 18.4 Å². The zero-order valence-corrected chi connectivity index (χ0v) is 16.3. The molecule has 2 N–H and O–H groups in total. The highest BCUT2D eigenvalue weighted by Gasteiger charge is 2.26. The maximum Gasteiger partial charge on any atom is 0.241 e. The van der Waals surface area contributed by atoms with E-state index < -0.39 is 22.0 Å². The standard InChI is InChI=1S/C21H22N2O4S/c1-16-9-11-19(12-10-16)28(25,26)23-20(14-17-6-3-2-4-7-17)21(24)22-15-18-8-5-13-27-18/h2-13,20,23H,14-15H2,1H3,(H,22,24). The number of carbonyl (C=O) groups excluding carboxylic acids is 1. The Balaban J connectivity index is 1.78. The number of nitrogens with one attached hydrogen (secondary N) is 2. The number of hydrogen-bond donors (Lipinski definition) is 2. The summed E-state index contributed by atoms with van der Waals surface area (Å²) in [5.74, 6) is 0.171. The molecule has 1 heterocycles. The number of hydrogen-bond acceptors (Lipinski definition) is 4. The Hall–Kier alpha value is -2.90. The van der Waals surface area contributed by atoms with E-state index in [1.54, 1.807) is 24.3 Å². The van der Waals surface area contributed by atoms with Crippen LogP contribution in [-0.4, -0.2) is 20.4 Å². The fraction of sp³-hybridized carbons (Fsp3) is 0.190. The van der Waals surface area contributed by atoms with Gasteiger partial charge in [0.05, 0.1) is 17.7 Å². The highest BCUT2D eigenvalue weighted by Crippen LogP contribution is 2.13. The van der Waals surface area contributed by atoms with Gasteiger partial charge in [-0.25, -0.2) is 8.42 Å². The zero-order chi connectivity index (χ0) is 20.0. The molecule has 0 aliphatic rings. The minimum Gasteiger partial charge on any atom is -0.467 e. The number of furan rings is 1. The van der Waals surface area contributed by atoms with E-state index in [9.17, 15) is 13.2 Å². The molecule has 1 amide bonds. The quantitative estimate of drug-likeness (QED) is 0.611. The molecule has 0 aliphatic carbocycles. The molecule has 28 heavy (non-hydrogen) atoms. The molecule has 0 fully saturated rings. The molecule has 0 radical (unpaired) electrons. The van der Waals surface area contributed by atoms with Crippen LogP contribution in [0.15, 0.2) is 82.3 Å². The second-order valence-electron chi connectivity index (χ2n) is 6.47. The SMILES string of the molecule is Cc1ccc(S(=O)(=O)NC(Cc2ccccc2)C(=O)NCc2ccco2)cc1. The normalized spacial score (nSPS) is 12.5. The van der Waals surface area contributed by atoms with Gasteiger partial charge in [0.25, 0.3) is 0 Å². The minimum atomic E-state index is -3.85. The predicted molar refractivity (Wildman–Crippen MR) is 106 cm³/mol. The van der Waals surface area contributed by atoms with Crippen LogP contribution < -0.4 is 10.0 Å². The second-order valence-corrected chi connectivity index (χ2v) is 8.19. The lowest BCUT2D eigenvalue weighted by Crippen LogP contribution is -2.47. The summed E-state index contributed by atoms with van der Waals surface area (Å²) in [6, 6.07) is 18.3. The van der Waals surface area contributed by atoms with Gasteiger partial charge in [-0.2, -0.15) is 4.72 Å². The van der Waals surface area contributed by atoms with Crippen molar-refractivity contribution in [1.29, 1.82) is 0 Å². The predicted octanol–water partition coefficient (Wildman–Crippen LogP) is 2.79. The average molecular weight is 398 g/mol. The largest absolute Gasteiger partial charge is 0.467 e. The van der Waals surface area contributed by atoms with Crippen molar-refractivity contribution in [2.75, 3.05) is 0 Å². The summed E-state index contributed by atoms with van der Waals surface area (Å²) < 4.78 is 33.3. The van der Waals surface area contributed by atoms with Crippen molar-refractivity contribution < 1.29 is 17.6 Å². The van der Waals surface area contributed by atoms with Gasteiger partial charge >= 0.3 is 0 Å². The van der Waals surface area contributed by atoms with Crippen molar-refractivity contribution in [3.63, 3.8) is 0 Å². The first-order valence-electron chi connectivity index (χ1n) is 8.87. The maximum atomic E-state index is 12.8. The number of aryl methyl sites for hydroxylation is 1. The molecular formula is C21H22N2O4S.